The van der Waals surface area contributed by atoms with Gasteiger partial charge < -0.3 is 25.0 Å². The molecule has 0 radical (unpaired) electrons. The quantitative estimate of drug-likeness (QED) is 0.112. The molecule has 33 heavy (non-hydrogen) atoms. The van der Waals surface area contributed by atoms with E-state index in [9.17, 15) is 28.3 Å². The minimum absolute atomic E-state index is 0. The number of carboxylic acids is 1. The number of carbonyl (C=O) groups is 3. The number of aliphatic carboxylic acids is 1. The van der Waals surface area contributed by atoms with E-state index >= 15 is 0 Å². The Bertz CT molecular complexity index is 938. The maximum Gasteiger partial charge on any atom is 1.00 e. The van der Waals surface area contributed by atoms with Gasteiger partial charge in [0.1, 0.15) is 5.70 Å². The number of aliphatic hydroxyl groups is 1. The first-order valence-electron chi connectivity index (χ1n) is 8.91. The van der Waals surface area contributed by atoms with Gasteiger partial charge in [0.2, 0.25) is 11.1 Å². The van der Waals surface area contributed by atoms with E-state index < -0.39 is 41.2 Å². The zero-order valence-corrected chi connectivity index (χ0v) is 21.1. The summed E-state index contributed by atoms with van der Waals surface area (Å²) in [5, 5.41) is 32.3. The van der Waals surface area contributed by atoms with E-state index in [4.69, 9.17) is 14.6 Å². The maximum atomic E-state index is 12.8. The van der Waals surface area contributed by atoms with Crippen LogP contribution < -0.4 is 34.9 Å². The van der Waals surface area contributed by atoms with Crippen LogP contribution in [0.15, 0.2) is 16.4 Å². The minimum Gasteiger partial charge on any atom is -0.477 e. The van der Waals surface area contributed by atoms with Crippen molar-refractivity contribution < 1.29 is 72.4 Å². The van der Waals surface area contributed by atoms with Crippen LogP contribution in [0.3, 0.4) is 0 Å². The smallest absolute Gasteiger partial charge is 0.477 e. The molecule has 1 aromatic heterocycles. The summed E-state index contributed by atoms with van der Waals surface area (Å²) in [6.07, 6.45) is -1.29. The molecule has 1 aromatic rings. The molecule has 1 fully saturated rings. The third kappa shape index (κ3) is 5.67. The van der Waals surface area contributed by atoms with Gasteiger partial charge in [-0.3, -0.25) is 14.5 Å². The number of nitrogens with one attached hydrogen (secondary N) is 1. The summed E-state index contributed by atoms with van der Waals surface area (Å²) in [7, 11) is 1.11. The Hall–Kier alpha value is -1.34. The maximum absolute atomic E-state index is 12.8. The fourth-order valence-corrected chi connectivity index (χ4v) is 4.37. The van der Waals surface area contributed by atoms with E-state index in [-0.39, 0.29) is 78.1 Å². The molecule has 1 saturated heterocycles. The van der Waals surface area contributed by atoms with Gasteiger partial charge in [0.15, 0.2) is 6.23 Å². The number of aliphatic hydroxyl groups excluding tert-OH is 1. The van der Waals surface area contributed by atoms with Crippen molar-refractivity contribution in [3.63, 3.8) is 0 Å². The molecule has 0 unspecified atom stereocenters. The van der Waals surface area contributed by atoms with Crippen molar-refractivity contribution in [2.75, 3.05) is 31.8 Å². The van der Waals surface area contributed by atoms with E-state index in [0.717, 1.165) is 23.8 Å². The largest absolute Gasteiger partial charge is 1.00 e. The number of ether oxygens (including phenoxy) is 2. The first-order chi connectivity index (χ1) is 15.2. The van der Waals surface area contributed by atoms with Crippen molar-refractivity contribution in [1.82, 2.24) is 30.4 Å². The molecule has 3 rings (SSSR count). The molecule has 2 amide bonds. The van der Waals surface area contributed by atoms with Gasteiger partial charge in [0.25, 0.3) is 17.4 Å². The number of rotatable bonds is 11. The zero-order valence-electron chi connectivity index (χ0n) is 17.4. The number of amides is 2. The van der Waals surface area contributed by atoms with Gasteiger partial charge in [-0.2, -0.15) is 8.78 Å². The van der Waals surface area contributed by atoms with Crippen molar-refractivity contribution in [1.29, 1.82) is 0 Å². The van der Waals surface area contributed by atoms with E-state index in [2.05, 4.69) is 20.8 Å². The summed E-state index contributed by atoms with van der Waals surface area (Å²) < 4.78 is 36.7. The Kier molecular flexibility index (Phi) is 10.0. The standard InChI is InChI=1S/C15H18F2N6O7S2.Na/c1-29-15(18-8(25)6-31-13(16)17)11(28)23-9(10(26)27)7(4-30-12(15)23)5-32-14-19-20-21-22(14)2-3-24;/h12-13,24H,2-6H2,1H3,(H,18,25)(H,26,27);/q;+1/t12-,15+;/m1./s1. The van der Waals surface area contributed by atoms with Crippen molar-refractivity contribution in [2.45, 2.75) is 29.4 Å². The molecular weight excluding hydrogens is 501 g/mol. The van der Waals surface area contributed by atoms with Crippen LogP contribution >= 0.6 is 23.5 Å². The van der Waals surface area contributed by atoms with Gasteiger partial charge in [-0.25, -0.2) is 9.48 Å². The molecule has 3 heterocycles. The summed E-state index contributed by atoms with van der Waals surface area (Å²) >= 11 is 1.14. The molecule has 176 valence electrons. The second-order valence-corrected chi connectivity index (χ2v) is 8.27. The number of halogens is 2. The van der Waals surface area contributed by atoms with Crippen LogP contribution in [0, 0.1) is 0 Å². The fraction of sp³-hybridized carbons (Fsp3) is 0.600. The van der Waals surface area contributed by atoms with Crippen LogP contribution in [-0.2, 0) is 30.4 Å². The molecule has 0 bridgehead atoms. The summed E-state index contributed by atoms with van der Waals surface area (Å²) in [5.74, 6) is -6.56. The van der Waals surface area contributed by atoms with E-state index in [1.165, 1.54) is 4.68 Å². The van der Waals surface area contributed by atoms with Crippen LogP contribution in [0.2, 0.25) is 0 Å². The number of methoxy groups -OCH3 is 1. The molecule has 3 N–H and O–H groups in total. The Labute approximate surface area is 215 Å². The number of aromatic nitrogens is 4. The topological polar surface area (TPSA) is 169 Å². The zero-order chi connectivity index (χ0) is 23.5. The monoisotopic (exact) mass is 519 g/mol. The first-order valence-corrected chi connectivity index (χ1v) is 10.9. The van der Waals surface area contributed by atoms with Crippen molar-refractivity contribution in [3.8, 4) is 0 Å². The third-order valence-corrected chi connectivity index (χ3v) is 6.21. The molecule has 2 atom stereocenters. The van der Waals surface area contributed by atoms with Crippen LogP contribution in [-0.4, -0.2) is 103 Å². The predicted octanol–water partition coefficient (Wildman–Crippen LogP) is -4.29. The van der Waals surface area contributed by atoms with Crippen molar-refractivity contribution in [2.24, 2.45) is 0 Å². The number of nitrogens with zero attached hydrogens (tertiary/aromatic N) is 5. The fourth-order valence-electron chi connectivity index (χ4n) is 3.12. The Morgan fingerprint density at radius 1 is 1.45 bits per heavy atom. The molecule has 0 saturated carbocycles. The number of carbonyl (C=O) groups excluding carboxylic acids is 2. The SMILES string of the molecule is CO[C@@]1(NC(=O)CSC(F)F)C(=O)N2C(C(=O)O)=C(CSc3nnnn3CCO)CO[C@@H]21.[Na+]. The number of alkyl halides is 2. The average molecular weight is 519 g/mol. The van der Waals surface area contributed by atoms with Gasteiger partial charge in [-0.05, 0) is 16.0 Å². The third-order valence-electron chi connectivity index (χ3n) is 4.49. The summed E-state index contributed by atoms with van der Waals surface area (Å²) in [5.41, 5.74) is -2.12. The Morgan fingerprint density at radius 2 is 2.18 bits per heavy atom. The van der Waals surface area contributed by atoms with Gasteiger partial charge in [0, 0.05) is 12.9 Å². The number of hydrogen-bond acceptors (Lipinski definition) is 11. The number of thioether (sulfide) groups is 2. The Morgan fingerprint density at radius 3 is 2.79 bits per heavy atom. The normalized spacial score (nSPS) is 22.0. The molecule has 2 aliphatic rings. The number of fused-ring (bicyclic) bond motifs is 1. The summed E-state index contributed by atoms with van der Waals surface area (Å²) in [6.45, 7) is -0.268. The van der Waals surface area contributed by atoms with Crippen molar-refractivity contribution in [3.05, 3.63) is 11.3 Å². The molecule has 13 nitrogen and oxygen atoms in total. The predicted molar refractivity (Wildman–Crippen MR) is 103 cm³/mol. The van der Waals surface area contributed by atoms with E-state index in [1.807, 2.05) is 0 Å². The van der Waals surface area contributed by atoms with Crippen LogP contribution in [0.25, 0.3) is 0 Å². The second-order valence-electron chi connectivity index (χ2n) is 6.35. The molecular formula is C15H18F2N6NaO7S2+. The average Bonchev–Trinajstić information content (AvgIpc) is 3.20. The van der Waals surface area contributed by atoms with Crippen molar-refractivity contribution >= 4 is 41.3 Å². The molecule has 18 heteroatoms. The van der Waals surface area contributed by atoms with E-state index in [0.29, 0.717) is 5.16 Å². The number of carboxylic acid groups (broad SMARTS) is 1. The summed E-state index contributed by atoms with van der Waals surface area (Å²) in [6, 6.07) is 0. The molecule has 0 aromatic carbocycles. The van der Waals surface area contributed by atoms with E-state index in [1.54, 1.807) is 0 Å². The number of tetrazole rings is 1. The minimum atomic E-state index is -2.78. The van der Waals surface area contributed by atoms with Crippen LogP contribution in [0.1, 0.15) is 0 Å². The van der Waals surface area contributed by atoms with Gasteiger partial charge in [-0.1, -0.05) is 23.5 Å². The Balaban J connectivity index is 0.00000385. The van der Waals surface area contributed by atoms with Gasteiger partial charge >= 0.3 is 35.5 Å². The van der Waals surface area contributed by atoms with Crippen LogP contribution in [0.5, 0.6) is 0 Å². The number of hydrogen-bond donors (Lipinski definition) is 3. The van der Waals surface area contributed by atoms with Gasteiger partial charge in [0.05, 0.1) is 25.5 Å². The molecule has 2 aliphatic heterocycles. The van der Waals surface area contributed by atoms with Crippen LogP contribution in [0.4, 0.5) is 8.78 Å². The van der Waals surface area contributed by atoms with Gasteiger partial charge in [-0.15, -0.1) is 5.10 Å². The molecule has 0 aliphatic carbocycles. The summed E-state index contributed by atoms with van der Waals surface area (Å²) in [4.78, 5) is 37.6. The number of β-lactam (4-membered cyclic amide) rings is 1. The molecule has 0 spiro atoms. The second kappa shape index (κ2) is 11.9. The first kappa shape index (κ1) is 27.9.